The summed E-state index contributed by atoms with van der Waals surface area (Å²) in [5.41, 5.74) is 13.0. The lowest BCUT2D eigenvalue weighted by atomic mass is 10.2. The van der Waals surface area contributed by atoms with Gasteiger partial charge in [0.25, 0.3) is 0 Å². The highest BCUT2D eigenvalue weighted by Gasteiger charge is 2.11. The highest BCUT2D eigenvalue weighted by molar-refractivity contribution is 7.41. The highest BCUT2D eigenvalue weighted by atomic mass is 31.2. The van der Waals surface area contributed by atoms with Gasteiger partial charge in [-0.05, 0) is 35.4 Å². The van der Waals surface area contributed by atoms with Crippen LogP contribution in [0.3, 0.4) is 0 Å². The predicted molar refractivity (Wildman–Crippen MR) is 79.1 cm³/mol. The quantitative estimate of drug-likeness (QED) is 0.711. The van der Waals surface area contributed by atoms with E-state index < -0.39 is 8.60 Å². The Morgan fingerprint density at radius 1 is 0.750 bits per heavy atom. The molecule has 0 radical (unpaired) electrons. The van der Waals surface area contributed by atoms with Crippen LogP contribution in [0.2, 0.25) is 0 Å². The second-order valence-corrected chi connectivity index (χ2v) is 4.96. The lowest BCUT2D eigenvalue weighted by Crippen LogP contribution is -1.98. The minimum atomic E-state index is -2.02. The van der Waals surface area contributed by atoms with E-state index in [1.54, 1.807) is 24.3 Å². The summed E-state index contributed by atoms with van der Waals surface area (Å²) in [5.74, 6) is 1.07. The Morgan fingerprint density at radius 3 is 1.40 bits per heavy atom. The van der Waals surface area contributed by atoms with E-state index >= 15 is 0 Å². The molecular weight excluding hydrogens is 275 g/mol. The molecule has 0 aliphatic heterocycles. The second kappa shape index (κ2) is 7.22. The highest BCUT2D eigenvalue weighted by Crippen LogP contribution is 2.36. The topological polar surface area (TPSA) is 90.7 Å². The third-order valence-corrected chi connectivity index (χ3v) is 3.42. The maximum Gasteiger partial charge on any atom is 0.460 e. The number of hydrogen-bond acceptors (Lipinski definition) is 5. The molecule has 0 atom stereocenters. The fourth-order valence-electron chi connectivity index (χ4n) is 1.57. The van der Waals surface area contributed by atoms with Crippen LogP contribution in [-0.2, 0) is 13.1 Å². The van der Waals surface area contributed by atoms with Gasteiger partial charge in [-0.3, -0.25) is 0 Å². The molecule has 2 aromatic carbocycles. The van der Waals surface area contributed by atoms with Gasteiger partial charge in [-0.15, -0.1) is 0 Å². The normalized spacial score (nSPS) is 10.6. The minimum absolute atomic E-state index is 0.470. The van der Waals surface area contributed by atoms with Crippen LogP contribution in [0.5, 0.6) is 11.5 Å². The molecule has 0 spiro atoms. The van der Waals surface area contributed by atoms with Crippen LogP contribution < -0.4 is 20.5 Å². The summed E-state index contributed by atoms with van der Waals surface area (Å²) in [6, 6.07) is 14.3. The largest absolute Gasteiger partial charge is 0.460 e. The zero-order valence-corrected chi connectivity index (χ0v) is 11.8. The molecule has 0 saturated heterocycles. The SMILES string of the molecule is NCc1ccc(OP(O)Oc2ccc(CN)cc2)cc1. The third-order valence-electron chi connectivity index (χ3n) is 2.69. The maximum absolute atomic E-state index is 9.78. The summed E-state index contributed by atoms with van der Waals surface area (Å²) in [4.78, 5) is 9.78. The Hall–Kier alpha value is -1.65. The van der Waals surface area contributed by atoms with Crippen molar-refractivity contribution in [1.82, 2.24) is 0 Å². The molecule has 0 unspecified atom stereocenters. The van der Waals surface area contributed by atoms with Crippen LogP contribution >= 0.6 is 8.60 Å². The molecule has 2 rings (SSSR count). The minimum Gasteiger partial charge on any atom is -0.418 e. The van der Waals surface area contributed by atoms with Crippen LogP contribution in [-0.4, -0.2) is 4.89 Å². The van der Waals surface area contributed by atoms with E-state index in [0.717, 1.165) is 11.1 Å². The molecule has 2 aromatic rings. The van der Waals surface area contributed by atoms with E-state index in [1.165, 1.54) is 0 Å². The summed E-state index contributed by atoms with van der Waals surface area (Å²) >= 11 is 0. The lowest BCUT2D eigenvalue weighted by Gasteiger charge is -2.12. The van der Waals surface area contributed by atoms with Gasteiger partial charge in [-0.25, -0.2) is 0 Å². The van der Waals surface area contributed by atoms with Crippen molar-refractivity contribution in [2.24, 2.45) is 11.5 Å². The van der Waals surface area contributed by atoms with Gasteiger partial charge < -0.3 is 25.4 Å². The van der Waals surface area contributed by atoms with Gasteiger partial charge >= 0.3 is 8.60 Å². The Balaban J connectivity index is 1.91. The van der Waals surface area contributed by atoms with Gasteiger partial charge in [0.15, 0.2) is 0 Å². The van der Waals surface area contributed by atoms with E-state index in [-0.39, 0.29) is 0 Å². The molecule has 0 amide bonds. The fourth-order valence-corrected chi connectivity index (χ4v) is 2.21. The first kappa shape index (κ1) is 14.8. The van der Waals surface area contributed by atoms with Crippen molar-refractivity contribution < 1.29 is 13.9 Å². The third kappa shape index (κ3) is 4.18. The van der Waals surface area contributed by atoms with Gasteiger partial charge in [0.2, 0.25) is 0 Å². The molecule has 0 aliphatic rings. The smallest absolute Gasteiger partial charge is 0.418 e. The monoisotopic (exact) mass is 292 g/mol. The van der Waals surface area contributed by atoms with Gasteiger partial charge in [-0.2, -0.15) is 0 Å². The van der Waals surface area contributed by atoms with Gasteiger partial charge in [0.05, 0.1) is 0 Å². The van der Waals surface area contributed by atoms with Crippen molar-refractivity contribution in [3.8, 4) is 11.5 Å². The molecule has 20 heavy (non-hydrogen) atoms. The average Bonchev–Trinajstić information content (AvgIpc) is 2.49. The summed E-state index contributed by atoms with van der Waals surface area (Å²) < 4.78 is 10.6. The molecule has 0 saturated carbocycles. The number of benzene rings is 2. The molecule has 106 valence electrons. The van der Waals surface area contributed by atoms with E-state index in [9.17, 15) is 4.89 Å². The van der Waals surface area contributed by atoms with Crippen molar-refractivity contribution >= 4 is 8.60 Å². The molecular formula is C14H17N2O3P. The van der Waals surface area contributed by atoms with E-state index in [1.807, 2.05) is 24.3 Å². The van der Waals surface area contributed by atoms with Crippen LogP contribution in [0.15, 0.2) is 48.5 Å². The molecule has 0 fully saturated rings. The van der Waals surface area contributed by atoms with Gasteiger partial charge in [-0.1, -0.05) is 24.3 Å². The number of rotatable bonds is 6. The summed E-state index contributed by atoms with van der Waals surface area (Å²) in [6.45, 7) is 0.941. The molecule has 0 aliphatic carbocycles. The van der Waals surface area contributed by atoms with Crippen molar-refractivity contribution in [3.63, 3.8) is 0 Å². The van der Waals surface area contributed by atoms with E-state index in [0.29, 0.717) is 24.6 Å². The summed E-state index contributed by atoms with van der Waals surface area (Å²) in [7, 11) is -2.02. The summed E-state index contributed by atoms with van der Waals surface area (Å²) in [5, 5.41) is 0. The standard InChI is InChI=1S/C14H17N2O3P/c15-9-11-1-5-13(6-2-11)18-20(17)19-14-7-3-12(10-16)4-8-14/h1-8,17H,9-10,15-16H2. The van der Waals surface area contributed by atoms with Crippen LogP contribution in [0.4, 0.5) is 0 Å². The van der Waals surface area contributed by atoms with Crippen molar-refractivity contribution in [1.29, 1.82) is 0 Å². The Bertz CT molecular complexity index is 482. The molecule has 0 bridgehead atoms. The Labute approximate surface area is 119 Å². The van der Waals surface area contributed by atoms with Crippen molar-refractivity contribution in [2.45, 2.75) is 13.1 Å². The average molecular weight is 292 g/mol. The first-order valence-corrected chi connectivity index (χ1v) is 7.27. The molecule has 0 heterocycles. The number of nitrogens with two attached hydrogens (primary N) is 2. The van der Waals surface area contributed by atoms with E-state index in [2.05, 4.69) is 0 Å². The molecule has 5 nitrogen and oxygen atoms in total. The fraction of sp³-hybridized carbons (Fsp3) is 0.143. The second-order valence-electron chi connectivity index (χ2n) is 4.12. The molecule has 0 aromatic heterocycles. The zero-order valence-electron chi connectivity index (χ0n) is 10.9. The van der Waals surface area contributed by atoms with Crippen LogP contribution in [0, 0.1) is 0 Å². The Kier molecular flexibility index (Phi) is 5.32. The first-order valence-electron chi connectivity index (χ1n) is 6.14. The first-order chi connectivity index (χ1) is 9.71. The van der Waals surface area contributed by atoms with E-state index in [4.69, 9.17) is 20.5 Å². The van der Waals surface area contributed by atoms with Crippen molar-refractivity contribution in [2.75, 3.05) is 0 Å². The van der Waals surface area contributed by atoms with Crippen LogP contribution in [0.25, 0.3) is 0 Å². The van der Waals surface area contributed by atoms with Gasteiger partial charge in [0.1, 0.15) is 11.5 Å². The maximum atomic E-state index is 9.78. The van der Waals surface area contributed by atoms with Crippen LogP contribution in [0.1, 0.15) is 11.1 Å². The zero-order chi connectivity index (χ0) is 14.4. The number of hydrogen-bond donors (Lipinski definition) is 3. The molecule has 6 heteroatoms. The predicted octanol–water partition coefficient (Wildman–Crippen LogP) is 2.28. The molecule has 5 N–H and O–H groups in total. The Morgan fingerprint density at radius 2 is 1.10 bits per heavy atom. The lowest BCUT2D eigenvalue weighted by molar-refractivity contribution is 0.381. The van der Waals surface area contributed by atoms with Crippen molar-refractivity contribution in [3.05, 3.63) is 59.7 Å². The van der Waals surface area contributed by atoms with Gasteiger partial charge in [0, 0.05) is 13.1 Å². The summed E-state index contributed by atoms with van der Waals surface area (Å²) in [6.07, 6.45) is 0.